The monoisotopic (exact) mass is 154 g/mol. The minimum Gasteiger partial charge on any atom is -0.450 e. The first-order chi connectivity index (χ1) is 3.66. The Morgan fingerprint density at radius 3 is 2.50 bits per heavy atom. The summed E-state index contributed by atoms with van der Waals surface area (Å²) in [5.41, 5.74) is -0.615. The fraction of sp³-hybridized carbons (Fsp3) is 0.667. The van der Waals surface area contributed by atoms with E-state index in [1.807, 2.05) is 0 Å². The number of rotatable bonds is 2. The topological polar surface area (TPSA) is 46.5 Å². The Labute approximate surface area is 57.8 Å². The number of thiol groups is 2. The molecule has 0 amide bonds. The first kappa shape index (κ1) is 7.97. The lowest BCUT2D eigenvalue weighted by atomic mass is 10.8. The number of carboxylic acid groups (broad SMARTS) is 1. The van der Waals surface area contributed by atoms with Crippen LogP contribution in [-0.2, 0) is 4.74 Å². The van der Waals surface area contributed by atoms with Gasteiger partial charge >= 0.3 is 6.16 Å². The van der Waals surface area contributed by atoms with Crippen LogP contribution in [0.1, 0.15) is 0 Å². The molecule has 0 aromatic carbocycles. The van der Waals surface area contributed by atoms with Gasteiger partial charge in [0.05, 0.1) is 0 Å². The molecule has 5 heteroatoms. The van der Waals surface area contributed by atoms with Gasteiger partial charge in [0.15, 0.2) is 5.44 Å². The third-order valence-electron chi connectivity index (χ3n) is 0.393. The molecule has 0 aliphatic heterocycles. The van der Waals surface area contributed by atoms with Gasteiger partial charge < -0.3 is 9.84 Å². The molecule has 3 nitrogen and oxygen atoms in total. The van der Waals surface area contributed by atoms with E-state index >= 15 is 0 Å². The highest BCUT2D eigenvalue weighted by Gasteiger charge is 2.03. The summed E-state index contributed by atoms with van der Waals surface area (Å²) < 4.78 is 4.10. The van der Waals surface area contributed by atoms with E-state index in [9.17, 15) is 4.79 Å². The second kappa shape index (κ2) is 3.91. The van der Waals surface area contributed by atoms with Gasteiger partial charge in [-0.2, -0.15) is 12.6 Å². The van der Waals surface area contributed by atoms with E-state index in [2.05, 4.69) is 30.0 Å². The quantitative estimate of drug-likeness (QED) is 0.314. The molecular formula is C3H6O3S2. The minimum absolute atomic E-state index is 0.287. The van der Waals surface area contributed by atoms with Crippen molar-refractivity contribution in [2.45, 2.75) is 5.44 Å². The van der Waals surface area contributed by atoms with Crippen LogP contribution < -0.4 is 0 Å². The zero-order valence-corrected chi connectivity index (χ0v) is 5.73. The van der Waals surface area contributed by atoms with Crippen LogP contribution in [0.4, 0.5) is 4.79 Å². The Hall–Kier alpha value is -0.0300. The zero-order chi connectivity index (χ0) is 6.57. The molecule has 0 aliphatic carbocycles. The van der Waals surface area contributed by atoms with Gasteiger partial charge in [0, 0.05) is 5.75 Å². The maximum absolute atomic E-state index is 9.66. The lowest BCUT2D eigenvalue weighted by Gasteiger charge is -2.03. The Balaban J connectivity index is 3.24. The van der Waals surface area contributed by atoms with Crippen LogP contribution in [0.5, 0.6) is 0 Å². The van der Waals surface area contributed by atoms with Crippen LogP contribution in [0, 0.1) is 0 Å². The second-order valence-electron chi connectivity index (χ2n) is 1.02. The van der Waals surface area contributed by atoms with Gasteiger partial charge in [0.1, 0.15) is 0 Å². The zero-order valence-electron chi connectivity index (χ0n) is 3.94. The highest BCUT2D eigenvalue weighted by molar-refractivity contribution is 7.84. The first-order valence-corrected chi connectivity index (χ1v) is 3.00. The van der Waals surface area contributed by atoms with E-state index in [1.54, 1.807) is 0 Å². The molecule has 0 bridgehead atoms. The molecule has 8 heavy (non-hydrogen) atoms. The van der Waals surface area contributed by atoms with Crippen molar-refractivity contribution in [3.8, 4) is 0 Å². The molecule has 1 N–H and O–H groups in total. The molecule has 48 valence electrons. The predicted octanol–water partition coefficient (Wildman–Crippen LogP) is 0.867. The van der Waals surface area contributed by atoms with Crippen molar-refractivity contribution >= 4 is 31.4 Å². The average Bonchev–Trinajstić information content (AvgIpc) is 1.65. The van der Waals surface area contributed by atoms with Gasteiger partial charge in [-0.3, -0.25) is 0 Å². The molecule has 0 spiro atoms. The Morgan fingerprint density at radius 2 is 2.38 bits per heavy atom. The number of hydrogen-bond donors (Lipinski definition) is 3. The maximum Gasteiger partial charge on any atom is 0.506 e. The van der Waals surface area contributed by atoms with Crippen molar-refractivity contribution in [3.63, 3.8) is 0 Å². The van der Waals surface area contributed by atoms with Crippen molar-refractivity contribution in [2.24, 2.45) is 0 Å². The highest BCUT2D eigenvalue weighted by Crippen LogP contribution is 1.98. The average molecular weight is 154 g/mol. The van der Waals surface area contributed by atoms with Crippen LogP contribution in [0.15, 0.2) is 0 Å². The van der Waals surface area contributed by atoms with Gasteiger partial charge in [-0.05, 0) is 0 Å². The summed E-state index contributed by atoms with van der Waals surface area (Å²) >= 11 is 7.42. The molecule has 0 aromatic rings. The third-order valence-corrected chi connectivity index (χ3v) is 1.30. The van der Waals surface area contributed by atoms with Crippen LogP contribution in [0.25, 0.3) is 0 Å². The first-order valence-electron chi connectivity index (χ1n) is 1.85. The van der Waals surface area contributed by atoms with E-state index in [0.717, 1.165) is 0 Å². The summed E-state index contributed by atoms with van der Waals surface area (Å²) in [6.07, 6.45) is -1.32. The van der Waals surface area contributed by atoms with Crippen LogP contribution >= 0.6 is 25.3 Å². The van der Waals surface area contributed by atoms with E-state index in [-0.39, 0.29) is 5.75 Å². The van der Waals surface area contributed by atoms with Gasteiger partial charge in [0.25, 0.3) is 0 Å². The van der Waals surface area contributed by atoms with E-state index < -0.39 is 11.6 Å². The Kier molecular flexibility index (Phi) is 3.90. The second-order valence-corrected chi connectivity index (χ2v) is 1.96. The summed E-state index contributed by atoms with van der Waals surface area (Å²) in [5, 5.41) is 7.91. The minimum atomic E-state index is -1.32. The third kappa shape index (κ3) is 4.14. The standard InChI is InChI=1S/C3H6O3S2/c4-3(5)6-2(8)1-7/h2,7-8H,1H2,(H,4,5). The van der Waals surface area contributed by atoms with Crippen molar-refractivity contribution in [1.82, 2.24) is 0 Å². The van der Waals surface area contributed by atoms with E-state index in [0.29, 0.717) is 0 Å². The predicted molar refractivity (Wildman–Crippen MR) is 35.7 cm³/mol. The lowest BCUT2D eigenvalue weighted by molar-refractivity contribution is 0.0888. The fourth-order valence-electron chi connectivity index (χ4n) is 0.154. The van der Waals surface area contributed by atoms with Gasteiger partial charge in [0.2, 0.25) is 0 Å². The number of hydrogen-bond acceptors (Lipinski definition) is 4. The van der Waals surface area contributed by atoms with E-state index in [4.69, 9.17) is 5.11 Å². The molecule has 0 heterocycles. The number of ether oxygens (including phenoxy) is 1. The SMILES string of the molecule is O=C(O)OC(S)CS. The van der Waals surface area contributed by atoms with Crippen molar-refractivity contribution in [1.29, 1.82) is 0 Å². The molecule has 0 aromatic heterocycles. The molecule has 0 saturated heterocycles. The van der Waals surface area contributed by atoms with Gasteiger partial charge in [-0.1, -0.05) is 0 Å². The molecule has 0 fully saturated rings. The fourth-order valence-corrected chi connectivity index (χ4v) is 0.318. The Bertz CT molecular complexity index is 84.6. The van der Waals surface area contributed by atoms with Crippen LogP contribution in [0.2, 0.25) is 0 Å². The molecule has 0 aliphatic rings. The summed E-state index contributed by atoms with van der Waals surface area (Å²) in [4.78, 5) is 9.66. The van der Waals surface area contributed by atoms with Crippen LogP contribution in [0.3, 0.4) is 0 Å². The van der Waals surface area contributed by atoms with Crippen LogP contribution in [-0.4, -0.2) is 22.5 Å². The molecule has 0 saturated carbocycles. The summed E-state index contributed by atoms with van der Waals surface area (Å²) in [6, 6.07) is 0. The largest absolute Gasteiger partial charge is 0.506 e. The van der Waals surface area contributed by atoms with Gasteiger partial charge in [-0.25, -0.2) is 4.79 Å². The normalized spacial score (nSPS) is 12.8. The molecule has 1 unspecified atom stereocenters. The Morgan fingerprint density at radius 1 is 1.88 bits per heavy atom. The summed E-state index contributed by atoms with van der Waals surface area (Å²) in [5.74, 6) is 0.287. The maximum atomic E-state index is 9.66. The number of carbonyl (C=O) groups is 1. The highest BCUT2D eigenvalue weighted by atomic mass is 32.1. The van der Waals surface area contributed by atoms with Crippen molar-refractivity contribution in [2.75, 3.05) is 5.75 Å². The molecule has 1 atom stereocenters. The smallest absolute Gasteiger partial charge is 0.450 e. The van der Waals surface area contributed by atoms with Crippen molar-refractivity contribution in [3.05, 3.63) is 0 Å². The molecular weight excluding hydrogens is 148 g/mol. The molecule has 0 radical (unpaired) electrons. The lowest BCUT2D eigenvalue weighted by Crippen LogP contribution is -2.11. The molecule has 0 rings (SSSR count). The van der Waals surface area contributed by atoms with Crippen molar-refractivity contribution < 1.29 is 14.6 Å². The van der Waals surface area contributed by atoms with E-state index in [1.165, 1.54) is 0 Å². The summed E-state index contributed by atoms with van der Waals surface area (Å²) in [7, 11) is 0. The summed E-state index contributed by atoms with van der Waals surface area (Å²) in [6.45, 7) is 0. The van der Waals surface area contributed by atoms with Gasteiger partial charge in [-0.15, -0.1) is 12.6 Å².